The van der Waals surface area contributed by atoms with Crippen LogP contribution in [0.4, 0.5) is 5.95 Å². The van der Waals surface area contributed by atoms with Crippen molar-refractivity contribution in [3.8, 4) is 0 Å². The molecule has 116 valence electrons. The highest BCUT2D eigenvalue weighted by atomic mass is 15.4. The minimum Gasteiger partial charge on any atom is -0.369 e. The molecule has 1 fully saturated rings. The van der Waals surface area contributed by atoms with E-state index >= 15 is 0 Å². The molecule has 0 atom stereocenters. The van der Waals surface area contributed by atoms with Gasteiger partial charge in [0.15, 0.2) is 5.65 Å². The Bertz CT molecular complexity index is 618. The van der Waals surface area contributed by atoms with Gasteiger partial charge in [0.05, 0.1) is 5.69 Å². The van der Waals surface area contributed by atoms with Gasteiger partial charge in [0.2, 0.25) is 5.95 Å². The minimum absolute atomic E-state index is 0.449. The van der Waals surface area contributed by atoms with E-state index in [1.54, 1.807) is 0 Å². The van der Waals surface area contributed by atoms with Crippen LogP contribution in [0.5, 0.6) is 0 Å². The van der Waals surface area contributed by atoms with E-state index < -0.39 is 0 Å². The molecule has 0 unspecified atom stereocenters. The lowest BCUT2D eigenvalue weighted by Crippen LogP contribution is -2.35. The zero-order valence-corrected chi connectivity index (χ0v) is 13.3. The molecule has 6 heteroatoms. The van der Waals surface area contributed by atoms with E-state index in [9.17, 15) is 0 Å². The average molecular weight is 290 g/mol. The first-order chi connectivity index (χ1) is 10.2. The highest BCUT2D eigenvalue weighted by molar-refractivity contribution is 5.77. The summed E-state index contributed by atoms with van der Waals surface area (Å²) in [7, 11) is 0. The first kappa shape index (κ1) is 14.4. The van der Waals surface area contributed by atoms with Crippen molar-refractivity contribution in [1.29, 1.82) is 0 Å². The van der Waals surface area contributed by atoms with E-state index in [0.29, 0.717) is 12.0 Å². The molecule has 3 heterocycles. The van der Waals surface area contributed by atoms with E-state index in [1.807, 2.05) is 11.6 Å². The molecule has 1 aliphatic rings. The molecule has 0 spiro atoms. The Morgan fingerprint density at radius 1 is 1.24 bits per heavy atom. The largest absolute Gasteiger partial charge is 0.369 e. The second kappa shape index (κ2) is 5.67. The number of anilines is 1. The number of nitrogens with two attached hydrogens (primary N) is 1. The molecule has 2 N–H and O–H groups in total. The second-order valence-electron chi connectivity index (χ2n) is 5.99. The van der Waals surface area contributed by atoms with Crippen LogP contribution >= 0.6 is 0 Å². The van der Waals surface area contributed by atoms with Gasteiger partial charge in [0, 0.05) is 25.7 Å². The fourth-order valence-electron chi connectivity index (χ4n) is 3.50. The number of nitrogen functional groups attached to an aromatic ring is 1. The molecular weight excluding hydrogens is 264 g/mol. The number of fused-ring (bicyclic) bond motifs is 1. The zero-order chi connectivity index (χ0) is 15.0. The number of rotatable bonds is 4. The van der Waals surface area contributed by atoms with Gasteiger partial charge in [-0.15, -0.1) is 0 Å². The molecule has 0 aromatic carbocycles. The Balaban J connectivity index is 1.92. The number of imidazole rings is 1. The van der Waals surface area contributed by atoms with Gasteiger partial charge in [-0.2, -0.15) is 5.10 Å². The third-order valence-electron chi connectivity index (χ3n) is 4.53. The summed E-state index contributed by atoms with van der Waals surface area (Å²) in [4.78, 5) is 7.10. The lowest BCUT2D eigenvalue weighted by Gasteiger charge is -2.32. The Morgan fingerprint density at radius 2 is 1.95 bits per heavy atom. The molecular formula is C15H26N6. The van der Waals surface area contributed by atoms with E-state index in [2.05, 4.69) is 33.4 Å². The average Bonchev–Trinajstić information content (AvgIpc) is 2.97. The van der Waals surface area contributed by atoms with Gasteiger partial charge in [-0.3, -0.25) is 4.57 Å². The van der Waals surface area contributed by atoms with Crippen LogP contribution in [-0.2, 0) is 6.54 Å². The van der Waals surface area contributed by atoms with Crippen LogP contribution in [0.2, 0.25) is 0 Å². The van der Waals surface area contributed by atoms with E-state index in [4.69, 9.17) is 5.73 Å². The Morgan fingerprint density at radius 3 is 2.57 bits per heavy atom. The summed E-state index contributed by atoms with van der Waals surface area (Å²) in [6.07, 6.45) is 3.51. The van der Waals surface area contributed by atoms with E-state index in [1.165, 1.54) is 13.0 Å². The van der Waals surface area contributed by atoms with Crippen LogP contribution in [0.15, 0.2) is 0 Å². The van der Waals surface area contributed by atoms with E-state index in [0.717, 1.165) is 49.3 Å². The molecule has 2 aromatic heterocycles. The third kappa shape index (κ3) is 2.41. The maximum atomic E-state index is 6.21. The Kier molecular flexibility index (Phi) is 3.89. The van der Waals surface area contributed by atoms with Crippen molar-refractivity contribution < 1.29 is 0 Å². The number of likely N-dealkylation sites (tertiary alicyclic amines) is 1. The number of piperidine rings is 1. The molecule has 3 rings (SSSR count). The van der Waals surface area contributed by atoms with Crippen molar-refractivity contribution >= 4 is 17.1 Å². The summed E-state index contributed by atoms with van der Waals surface area (Å²) < 4.78 is 4.26. The first-order valence-corrected chi connectivity index (χ1v) is 8.08. The van der Waals surface area contributed by atoms with Crippen molar-refractivity contribution in [1.82, 2.24) is 24.2 Å². The molecule has 0 radical (unpaired) electrons. The molecule has 21 heavy (non-hydrogen) atoms. The predicted molar refractivity (Wildman–Crippen MR) is 85.3 cm³/mol. The summed E-state index contributed by atoms with van der Waals surface area (Å²) in [5.74, 6) is 0.640. The number of aromatic nitrogens is 4. The Hall–Kier alpha value is -1.56. The SMILES string of the molecule is CCCN1CCC(n2c(N)nc3c(C)nn(CC)c32)CC1. The number of hydrogen-bond donors (Lipinski definition) is 1. The Labute approximate surface area is 125 Å². The monoisotopic (exact) mass is 290 g/mol. The summed E-state index contributed by atoms with van der Waals surface area (Å²) in [5.41, 5.74) is 9.25. The molecule has 0 saturated carbocycles. The van der Waals surface area contributed by atoms with Crippen molar-refractivity contribution in [2.75, 3.05) is 25.4 Å². The maximum Gasteiger partial charge on any atom is 0.202 e. The number of aryl methyl sites for hydroxylation is 2. The fraction of sp³-hybridized carbons (Fsp3) is 0.733. The fourth-order valence-corrected chi connectivity index (χ4v) is 3.50. The number of nitrogens with zero attached hydrogens (tertiary/aromatic N) is 5. The van der Waals surface area contributed by atoms with Gasteiger partial charge in [-0.1, -0.05) is 6.92 Å². The first-order valence-electron chi connectivity index (χ1n) is 8.08. The van der Waals surface area contributed by atoms with Crippen LogP contribution in [0.3, 0.4) is 0 Å². The van der Waals surface area contributed by atoms with Gasteiger partial charge in [0.25, 0.3) is 0 Å². The van der Waals surface area contributed by atoms with Crippen LogP contribution in [0, 0.1) is 6.92 Å². The van der Waals surface area contributed by atoms with Gasteiger partial charge in [-0.05, 0) is 39.7 Å². The molecule has 2 aromatic rings. The molecule has 0 amide bonds. The standard InChI is InChI=1S/C15H26N6/c1-4-8-19-9-6-12(7-10-19)21-14-13(17-15(21)16)11(3)18-20(14)5-2/h12H,4-10H2,1-3H3,(H2,16,17). The summed E-state index contributed by atoms with van der Waals surface area (Å²) in [5, 5.41) is 4.58. The zero-order valence-electron chi connectivity index (χ0n) is 13.3. The van der Waals surface area contributed by atoms with Gasteiger partial charge >= 0.3 is 0 Å². The molecule has 1 saturated heterocycles. The van der Waals surface area contributed by atoms with Crippen LogP contribution < -0.4 is 5.73 Å². The highest BCUT2D eigenvalue weighted by Crippen LogP contribution is 2.31. The summed E-state index contributed by atoms with van der Waals surface area (Å²) in [6, 6.07) is 0.449. The quantitative estimate of drug-likeness (QED) is 0.937. The lowest BCUT2D eigenvalue weighted by molar-refractivity contribution is 0.189. The van der Waals surface area contributed by atoms with Crippen molar-refractivity contribution in [3.63, 3.8) is 0 Å². The third-order valence-corrected chi connectivity index (χ3v) is 4.53. The van der Waals surface area contributed by atoms with Crippen LogP contribution in [0.25, 0.3) is 11.2 Å². The topological polar surface area (TPSA) is 64.9 Å². The summed E-state index contributed by atoms with van der Waals surface area (Å²) in [6.45, 7) is 10.7. The summed E-state index contributed by atoms with van der Waals surface area (Å²) >= 11 is 0. The predicted octanol–water partition coefficient (Wildman–Crippen LogP) is 2.19. The van der Waals surface area contributed by atoms with Crippen LogP contribution in [-0.4, -0.2) is 43.9 Å². The molecule has 1 aliphatic heterocycles. The van der Waals surface area contributed by atoms with Crippen molar-refractivity contribution in [2.45, 2.75) is 52.6 Å². The maximum absolute atomic E-state index is 6.21. The smallest absolute Gasteiger partial charge is 0.202 e. The van der Waals surface area contributed by atoms with Crippen molar-refractivity contribution in [2.24, 2.45) is 0 Å². The van der Waals surface area contributed by atoms with E-state index in [-0.39, 0.29) is 0 Å². The molecule has 6 nitrogen and oxygen atoms in total. The molecule has 0 aliphatic carbocycles. The van der Waals surface area contributed by atoms with Crippen molar-refractivity contribution in [3.05, 3.63) is 5.69 Å². The normalized spacial score (nSPS) is 17.9. The second-order valence-corrected chi connectivity index (χ2v) is 5.99. The van der Waals surface area contributed by atoms with Gasteiger partial charge < -0.3 is 10.6 Å². The van der Waals surface area contributed by atoms with Gasteiger partial charge in [0.1, 0.15) is 5.52 Å². The minimum atomic E-state index is 0.449. The van der Waals surface area contributed by atoms with Gasteiger partial charge in [-0.25, -0.2) is 9.67 Å². The number of hydrogen-bond acceptors (Lipinski definition) is 4. The molecule has 0 bridgehead atoms. The van der Waals surface area contributed by atoms with Crippen LogP contribution in [0.1, 0.15) is 44.8 Å². The lowest BCUT2D eigenvalue weighted by atomic mass is 10.0. The highest BCUT2D eigenvalue weighted by Gasteiger charge is 2.26.